The average molecular weight is 276 g/mol. The van der Waals surface area contributed by atoms with Crippen LogP contribution in [-0.2, 0) is 9.53 Å². The molecule has 4 nitrogen and oxygen atoms in total. The molecule has 110 valence electrons. The molecule has 0 aliphatic heterocycles. The van der Waals surface area contributed by atoms with Gasteiger partial charge in [0.15, 0.2) is 0 Å². The molecule has 20 heavy (non-hydrogen) atoms. The number of hydrogen-bond acceptors (Lipinski definition) is 3. The van der Waals surface area contributed by atoms with Gasteiger partial charge in [-0.1, -0.05) is 26.0 Å². The zero-order chi connectivity index (χ0) is 14.5. The molecule has 0 spiro atoms. The zero-order valence-electron chi connectivity index (χ0n) is 12.3. The van der Waals surface area contributed by atoms with E-state index in [1.54, 1.807) is 12.1 Å². The molecule has 3 unspecified atom stereocenters. The first-order valence-corrected chi connectivity index (χ1v) is 7.32. The molecule has 0 bridgehead atoms. The number of nitrogens with one attached hydrogen (secondary N) is 1. The van der Waals surface area contributed by atoms with Crippen molar-refractivity contribution in [2.24, 2.45) is 11.8 Å². The number of anilines is 2. The van der Waals surface area contributed by atoms with Gasteiger partial charge < -0.3 is 15.8 Å². The van der Waals surface area contributed by atoms with Crippen LogP contribution >= 0.6 is 0 Å². The predicted octanol–water partition coefficient (Wildman–Crippen LogP) is 3.05. The highest BCUT2D eigenvalue weighted by molar-refractivity contribution is 5.94. The number of nitrogens with two attached hydrogens (primary N) is 1. The van der Waals surface area contributed by atoms with Crippen molar-refractivity contribution in [3.8, 4) is 0 Å². The Kier molecular flexibility index (Phi) is 5.01. The Labute approximate surface area is 120 Å². The maximum absolute atomic E-state index is 11.9. The third kappa shape index (κ3) is 3.97. The summed E-state index contributed by atoms with van der Waals surface area (Å²) >= 11 is 0. The van der Waals surface area contributed by atoms with Crippen LogP contribution in [0.25, 0.3) is 0 Å². The van der Waals surface area contributed by atoms with Crippen molar-refractivity contribution in [1.82, 2.24) is 0 Å². The fourth-order valence-corrected chi connectivity index (χ4v) is 2.64. The van der Waals surface area contributed by atoms with E-state index in [0.29, 0.717) is 17.3 Å². The highest BCUT2D eigenvalue weighted by Gasteiger charge is 2.25. The normalized spacial score (nSPS) is 26.2. The summed E-state index contributed by atoms with van der Waals surface area (Å²) in [6.45, 7) is 4.64. The molecule has 3 atom stereocenters. The molecule has 4 heteroatoms. The van der Waals surface area contributed by atoms with E-state index >= 15 is 0 Å². The third-order valence-corrected chi connectivity index (χ3v) is 4.24. The van der Waals surface area contributed by atoms with Crippen LogP contribution in [0, 0.1) is 11.8 Å². The lowest BCUT2D eigenvalue weighted by molar-refractivity contribution is -0.123. The van der Waals surface area contributed by atoms with Crippen molar-refractivity contribution < 1.29 is 9.53 Å². The summed E-state index contributed by atoms with van der Waals surface area (Å²) < 4.78 is 5.72. The van der Waals surface area contributed by atoms with Crippen LogP contribution in [0.2, 0.25) is 0 Å². The van der Waals surface area contributed by atoms with Gasteiger partial charge in [0.1, 0.15) is 6.61 Å². The second-order valence-electron chi connectivity index (χ2n) is 5.84. The molecular weight excluding hydrogens is 252 g/mol. The predicted molar refractivity (Wildman–Crippen MR) is 81.4 cm³/mol. The van der Waals surface area contributed by atoms with E-state index in [9.17, 15) is 4.79 Å². The quantitative estimate of drug-likeness (QED) is 0.831. The van der Waals surface area contributed by atoms with Crippen LogP contribution in [0.1, 0.15) is 33.1 Å². The minimum atomic E-state index is -0.144. The molecule has 1 fully saturated rings. The van der Waals surface area contributed by atoms with Gasteiger partial charge in [0.25, 0.3) is 0 Å². The minimum absolute atomic E-state index is 0.0973. The van der Waals surface area contributed by atoms with E-state index < -0.39 is 0 Å². The molecule has 1 amide bonds. The molecule has 1 aliphatic carbocycles. The summed E-state index contributed by atoms with van der Waals surface area (Å²) in [7, 11) is 0. The second-order valence-corrected chi connectivity index (χ2v) is 5.84. The minimum Gasteiger partial charge on any atom is -0.397 e. The van der Waals surface area contributed by atoms with E-state index in [0.717, 1.165) is 18.8 Å². The van der Waals surface area contributed by atoms with Gasteiger partial charge in [0, 0.05) is 0 Å². The van der Waals surface area contributed by atoms with Gasteiger partial charge in [0.05, 0.1) is 17.5 Å². The summed E-state index contributed by atoms with van der Waals surface area (Å²) in [5.41, 5.74) is 7.00. The number of ether oxygens (including phenoxy) is 1. The van der Waals surface area contributed by atoms with Crippen molar-refractivity contribution in [3.05, 3.63) is 24.3 Å². The lowest BCUT2D eigenvalue weighted by Gasteiger charge is -2.31. The molecule has 1 aromatic rings. The van der Waals surface area contributed by atoms with Gasteiger partial charge in [-0.15, -0.1) is 0 Å². The first-order chi connectivity index (χ1) is 9.56. The molecule has 1 aromatic carbocycles. The Morgan fingerprint density at radius 2 is 2.05 bits per heavy atom. The maximum atomic E-state index is 11.9. The molecule has 1 aliphatic rings. The monoisotopic (exact) mass is 276 g/mol. The van der Waals surface area contributed by atoms with E-state index in [-0.39, 0.29) is 18.6 Å². The van der Waals surface area contributed by atoms with Crippen molar-refractivity contribution in [2.45, 2.75) is 39.2 Å². The van der Waals surface area contributed by atoms with Crippen molar-refractivity contribution in [3.63, 3.8) is 0 Å². The number of nitrogen functional groups attached to an aromatic ring is 1. The van der Waals surface area contributed by atoms with Gasteiger partial charge in [-0.25, -0.2) is 0 Å². The van der Waals surface area contributed by atoms with Crippen LogP contribution in [0.4, 0.5) is 11.4 Å². The maximum Gasteiger partial charge on any atom is 0.250 e. The summed E-state index contributed by atoms with van der Waals surface area (Å²) in [4.78, 5) is 11.9. The SMILES string of the molecule is CC1CCC(OCC(=O)Nc2ccccc2N)CC1C. The standard InChI is InChI=1S/C16H24N2O2/c1-11-7-8-13(9-12(11)2)20-10-16(19)18-15-6-4-3-5-14(15)17/h3-6,11-13H,7-10,17H2,1-2H3,(H,18,19). The topological polar surface area (TPSA) is 64.3 Å². The number of carbonyl (C=O) groups is 1. The number of carbonyl (C=O) groups excluding carboxylic acids is 1. The van der Waals surface area contributed by atoms with Crippen LogP contribution in [-0.4, -0.2) is 18.6 Å². The number of rotatable bonds is 4. The van der Waals surface area contributed by atoms with Crippen LogP contribution in [0.15, 0.2) is 24.3 Å². The fraction of sp³-hybridized carbons (Fsp3) is 0.562. The Morgan fingerprint density at radius 1 is 1.30 bits per heavy atom. The molecule has 2 rings (SSSR count). The van der Waals surface area contributed by atoms with Gasteiger partial charge in [0.2, 0.25) is 5.91 Å². The summed E-state index contributed by atoms with van der Waals surface area (Å²) in [5.74, 6) is 1.28. The largest absolute Gasteiger partial charge is 0.397 e. The van der Waals surface area contributed by atoms with Crippen molar-refractivity contribution in [2.75, 3.05) is 17.7 Å². The first kappa shape index (κ1) is 14.9. The average Bonchev–Trinajstić information content (AvgIpc) is 2.43. The molecule has 0 aromatic heterocycles. The number of benzene rings is 1. The van der Waals surface area contributed by atoms with Crippen LogP contribution in [0.5, 0.6) is 0 Å². The van der Waals surface area contributed by atoms with Crippen LogP contribution in [0.3, 0.4) is 0 Å². The van der Waals surface area contributed by atoms with Gasteiger partial charge in [-0.2, -0.15) is 0 Å². The van der Waals surface area contributed by atoms with Gasteiger partial charge in [-0.05, 0) is 43.2 Å². The first-order valence-electron chi connectivity index (χ1n) is 7.32. The lowest BCUT2D eigenvalue weighted by atomic mass is 9.80. The molecular formula is C16H24N2O2. The highest BCUT2D eigenvalue weighted by atomic mass is 16.5. The Morgan fingerprint density at radius 3 is 2.75 bits per heavy atom. The van der Waals surface area contributed by atoms with E-state index in [4.69, 9.17) is 10.5 Å². The molecule has 1 saturated carbocycles. The van der Waals surface area contributed by atoms with Gasteiger partial charge >= 0.3 is 0 Å². The Balaban J connectivity index is 1.77. The summed E-state index contributed by atoms with van der Waals surface area (Å²) in [6.07, 6.45) is 3.48. The van der Waals surface area contributed by atoms with Crippen molar-refractivity contribution in [1.29, 1.82) is 0 Å². The Hall–Kier alpha value is -1.55. The fourth-order valence-electron chi connectivity index (χ4n) is 2.64. The second kappa shape index (κ2) is 6.75. The van der Waals surface area contributed by atoms with E-state index in [1.165, 1.54) is 6.42 Å². The molecule has 0 heterocycles. The number of amides is 1. The van der Waals surface area contributed by atoms with Crippen molar-refractivity contribution >= 4 is 17.3 Å². The molecule has 3 N–H and O–H groups in total. The van der Waals surface area contributed by atoms with E-state index in [1.807, 2.05) is 12.1 Å². The Bertz CT molecular complexity index is 462. The zero-order valence-corrected chi connectivity index (χ0v) is 12.3. The van der Waals surface area contributed by atoms with E-state index in [2.05, 4.69) is 19.2 Å². The summed E-state index contributed by atoms with van der Waals surface area (Å²) in [5, 5.41) is 2.78. The number of hydrogen-bond donors (Lipinski definition) is 2. The number of para-hydroxylation sites is 2. The smallest absolute Gasteiger partial charge is 0.250 e. The van der Waals surface area contributed by atoms with Crippen LogP contribution < -0.4 is 11.1 Å². The molecule has 0 saturated heterocycles. The molecule has 0 radical (unpaired) electrons. The highest BCUT2D eigenvalue weighted by Crippen LogP contribution is 2.30. The van der Waals surface area contributed by atoms with Gasteiger partial charge in [-0.3, -0.25) is 4.79 Å². The third-order valence-electron chi connectivity index (χ3n) is 4.24. The summed E-state index contributed by atoms with van der Waals surface area (Å²) in [6, 6.07) is 7.24. The lowest BCUT2D eigenvalue weighted by Crippen LogP contribution is -2.30.